The van der Waals surface area contributed by atoms with Gasteiger partial charge in [-0.1, -0.05) is 0 Å². The molecule has 2 heterocycles. The highest BCUT2D eigenvalue weighted by molar-refractivity contribution is 5.76. The number of rotatable bonds is 2. The fourth-order valence-corrected chi connectivity index (χ4v) is 3.40. The van der Waals surface area contributed by atoms with Crippen molar-refractivity contribution >= 4 is 12.0 Å². The zero-order valence-corrected chi connectivity index (χ0v) is 13.2. The van der Waals surface area contributed by atoms with E-state index in [1.165, 1.54) is 0 Å². The van der Waals surface area contributed by atoms with Gasteiger partial charge in [-0.25, -0.2) is 4.79 Å². The summed E-state index contributed by atoms with van der Waals surface area (Å²) in [7, 11) is 1.69. The van der Waals surface area contributed by atoms with Crippen LogP contribution in [0.15, 0.2) is 0 Å². The average molecular weight is 298 g/mol. The van der Waals surface area contributed by atoms with Gasteiger partial charge in [0.1, 0.15) is 0 Å². The minimum atomic E-state index is -0.751. The number of hydrogen-bond donors (Lipinski definition) is 1. The molecule has 0 bridgehead atoms. The van der Waals surface area contributed by atoms with Gasteiger partial charge in [-0.05, 0) is 39.5 Å². The second-order valence-corrected chi connectivity index (χ2v) is 6.56. The van der Waals surface area contributed by atoms with Gasteiger partial charge in [0.25, 0.3) is 0 Å². The maximum atomic E-state index is 12.7. The molecule has 6 heteroatoms. The number of methoxy groups -OCH3 is 1. The number of aliphatic carboxylic acids is 1. The molecule has 0 aliphatic carbocycles. The predicted octanol–water partition coefficient (Wildman–Crippen LogP) is 1.79. The minimum absolute atomic E-state index is 0.0225. The van der Waals surface area contributed by atoms with Crippen molar-refractivity contribution in [2.75, 3.05) is 26.7 Å². The number of carboxylic acid groups (broad SMARTS) is 1. The van der Waals surface area contributed by atoms with Crippen LogP contribution in [0.1, 0.15) is 39.5 Å². The average Bonchev–Trinajstić information content (AvgIpc) is 2.46. The van der Waals surface area contributed by atoms with Crippen molar-refractivity contribution in [2.24, 2.45) is 5.92 Å². The standard InChI is InChI=1S/C15H26N2O4/c1-11-9-12(13(18)19)5-8-17(11)14(20)16-7-4-6-15(2,10-16)21-3/h11-12H,4-10H2,1-3H3,(H,18,19). The highest BCUT2D eigenvalue weighted by atomic mass is 16.5. The summed E-state index contributed by atoms with van der Waals surface area (Å²) >= 11 is 0. The Hall–Kier alpha value is -1.30. The molecule has 6 nitrogen and oxygen atoms in total. The summed E-state index contributed by atoms with van der Waals surface area (Å²) in [5.74, 6) is -1.08. The number of ether oxygens (including phenoxy) is 1. The van der Waals surface area contributed by atoms with Crippen molar-refractivity contribution in [1.29, 1.82) is 0 Å². The Labute approximate surface area is 126 Å². The molecule has 3 unspecified atom stereocenters. The van der Waals surface area contributed by atoms with Crippen LogP contribution in [0.5, 0.6) is 0 Å². The summed E-state index contributed by atoms with van der Waals surface area (Å²) in [6, 6.07) is -0.00242. The van der Waals surface area contributed by atoms with Crippen molar-refractivity contribution < 1.29 is 19.4 Å². The second kappa shape index (κ2) is 6.22. The molecule has 0 spiro atoms. The van der Waals surface area contributed by atoms with Gasteiger partial charge in [0.15, 0.2) is 0 Å². The molecule has 21 heavy (non-hydrogen) atoms. The third-order valence-corrected chi connectivity index (χ3v) is 4.89. The van der Waals surface area contributed by atoms with Crippen molar-refractivity contribution in [2.45, 2.75) is 51.2 Å². The van der Waals surface area contributed by atoms with Crippen molar-refractivity contribution in [3.05, 3.63) is 0 Å². The molecule has 3 atom stereocenters. The van der Waals surface area contributed by atoms with E-state index in [0.29, 0.717) is 25.9 Å². The lowest BCUT2D eigenvalue weighted by molar-refractivity contribution is -0.143. The Morgan fingerprint density at radius 3 is 2.62 bits per heavy atom. The van der Waals surface area contributed by atoms with Crippen LogP contribution in [0.25, 0.3) is 0 Å². The molecule has 2 aliphatic heterocycles. The topological polar surface area (TPSA) is 70.1 Å². The van der Waals surface area contributed by atoms with Crippen molar-refractivity contribution in [3.63, 3.8) is 0 Å². The van der Waals surface area contributed by atoms with Gasteiger partial charge in [0.2, 0.25) is 0 Å². The Morgan fingerprint density at radius 1 is 1.33 bits per heavy atom. The monoisotopic (exact) mass is 298 g/mol. The van der Waals surface area contributed by atoms with Crippen LogP contribution in [-0.2, 0) is 9.53 Å². The lowest BCUT2D eigenvalue weighted by Crippen LogP contribution is -2.56. The Kier molecular flexibility index (Phi) is 4.76. The molecule has 2 rings (SSSR count). The maximum Gasteiger partial charge on any atom is 0.320 e. The maximum absolute atomic E-state index is 12.7. The summed E-state index contributed by atoms with van der Waals surface area (Å²) in [4.78, 5) is 27.4. The van der Waals surface area contributed by atoms with Crippen LogP contribution >= 0.6 is 0 Å². The number of hydrogen-bond acceptors (Lipinski definition) is 3. The third kappa shape index (κ3) is 3.48. The van der Waals surface area contributed by atoms with E-state index in [1.54, 1.807) is 7.11 Å². The molecular formula is C15H26N2O4. The minimum Gasteiger partial charge on any atom is -0.481 e. The van der Waals surface area contributed by atoms with Gasteiger partial charge in [0.05, 0.1) is 18.1 Å². The number of carbonyl (C=O) groups excluding carboxylic acids is 1. The molecule has 0 aromatic rings. The molecule has 0 saturated carbocycles. The highest BCUT2D eigenvalue weighted by Gasteiger charge is 2.38. The van der Waals surface area contributed by atoms with Gasteiger partial charge in [-0.3, -0.25) is 4.79 Å². The first-order valence-corrected chi connectivity index (χ1v) is 7.70. The van der Waals surface area contributed by atoms with Gasteiger partial charge < -0.3 is 19.6 Å². The predicted molar refractivity (Wildman–Crippen MR) is 78.1 cm³/mol. The first-order chi connectivity index (χ1) is 9.86. The molecule has 120 valence electrons. The molecule has 0 radical (unpaired) electrons. The van der Waals surface area contributed by atoms with Crippen LogP contribution in [-0.4, -0.2) is 65.3 Å². The quantitative estimate of drug-likeness (QED) is 0.844. The van der Waals surface area contributed by atoms with Crippen molar-refractivity contribution in [1.82, 2.24) is 9.80 Å². The number of nitrogens with zero attached hydrogens (tertiary/aromatic N) is 2. The van der Waals surface area contributed by atoms with E-state index < -0.39 is 5.97 Å². The van der Waals surface area contributed by atoms with Crippen LogP contribution < -0.4 is 0 Å². The Morgan fingerprint density at radius 2 is 2.05 bits per heavy atom. The first kappa shape index (κ1) is 16.1. The van der Waals surface area contributed by atoms with E-state index in [4.69, 9.17) is 9.84 Å². The summed E-state index contributed by atoms with van der Waals surface area (Å²) in [5, 5.41) is 9.10. The van der Waals surface area contributed by atoms with E-state index in [9.17, 15) is 9.59 Å². The summed E-state index contributed by atoms with van der Waals surface area (Å²) in [6.07, 6.45) is 2.98. The first-order valence-electron chi connectivity index (χ1n) is 7.70. The fraction of sp³-hybridized carbons (Fsp3) is 0.867. The van der Waals surface area contributed by atoms with Crippen molar-refractivity contribution in [3.8, 4) is 0 Å². The zero-order valence-electron chi connectivity index (χ0n) is 13.2. The number of carbonyl (C=O) groups is 2. The SMILES string of the molecule is COC1(C)CCCN(C(=O)N2CCC(C(=O)O)CC2C)C1. The lowest BCUT2D eigenvalue weighted by atomic mass is 9.91. The second-order valence-electron chi connectivity index (χ2n) is 6.56. The van der Waals surface area contributed by atoms with Gasteiger partial charge in [-0.15, -0.1) is 0 Å². The number of urea groups is 1. The van der Waals surface area contributed by atoms with Crippen LogP contribution in [0.2, 0.25) is 0 Å². The third-order valence-electron chi connectivity index (χ3n) is 4.89. The Bertz CT molecular complexity index is 414. The highest BCUT2D eigenvalue weighted by Crippen LogP contribution is 2.28. The lowest BCUT2D eigenvalue weighted by Gasteiger charge is -2.44. The number of carboxylic acids is 1. The molecule has 1 N–H and O–H groups in total. The van der Waals surface area contributed by atoms with Crippen LogP contribution in [0.3, 0.4) is 0 Å². The molecule has 0 aromatic carbocycles. The molecule has 2 amide bonds. The van der Waals surface area contributed by atoms with E-state index >= 15 is 0 Å². The van der Waals surface area contributed by atoms with Gasteiger partial charge in [-0.2, -0.15) is 0 Å². The molecular weight excluding hydrogens is 272 g/mol. The van der Waals surface area contributed by atoms with E-state index in [2.05, 4.69) is 0 Å². The zero-order chi connectivity index (χ0) is 15.6. The van der Waals surface area contributed by atoms with E-state index in [1.807, 2.05) is 23.6 Å². The smallest absolute Gasteiger partial charge is 0.320 e. The Balaban J connectivity index is 1.98. The van der Waals surface area contributed by atoms with Crippen LogP contribution in [0, 0.1) is 5.92 Å². The summed E-state index contributed by atoms with van der Waals surface area (Å²) in [6.45, 7) is 5.85. The summed E-state index contributed by atoms with van der Waals surface area (Å²) < 4.78 is 5.53. The van der Waals surface area contributed by atoms with Crippen LogP contribution in [0.4, 0.5) is 4.79 Å². The normalized spacial score (nSPS) is 33.9. The number of piperidine rings is 2. The van der Waals surface area contributed by atoms with E-state index in [0.717, 1.165) is 19.4 Å². The fourth-order valence-electron chi connectivity index (χ4n) is 3.40. The van der Waals surface area contributed by atoms with Gasteiger partial charge >= 0.3 is 12.0 Å². The molecule has 0 aromatic heterocycles. The molecule has 2 aliphatic rings. The summed E-state index contributed by atoms with van der Waals surface area (Å²) in [5.41, 5.74) is -0.267. The number of likely N-dealkylation sites (tertiary alicyclic amines) is 2. The van der Waals surface area contributed by atoms with E-state index in [-0.39, 0.29) is 23.6 Å². The number of amides is 2. The molecule has 2 fully saturated rings. The molecule has 2 saturated heterocycles. The largest absolute Gasteiger partial charge is 0.481 e. The van der Waals surface area contributed by atoms with Gasteiger partial charge in [0, 0.05) is 26.2 Å².